The summed E-state index contributed by atoms with van der Waals surface area (Å²) in [4.78, 5) is 33.7. The van der Waals surface area contributed by atoms with Crippen LogP contribution in [0.25, 0.3) is 11.3 Å². The monoisotopic (exact) mass is 469 g/mol. The Hall–Kier alpha value is -3.04. The zero-order valence-corrected chi connectivity index (χ0v) is 19.9. The number of rotatable bonds is 6. The quantitative estimate of drug-likeness (QED) is 0.600. The molecule has 0 saturated carbocycles. The first-order valence-electron chi connectivity index (χ1n) is 10.9. The summed E-state index contributed by atoms with van der Waals surface area (Å²) in [5, 5.41) is 5.85. The Kier molecular flexibility index (Phi) is 6.90. The second kappa shape index (κ2) is 9.84. The van der Waals surface area contributed by atoms with E-state index < -0.39 is 0 Å². The van der Waals surface area contributed by atoms with Crippen molar-refractivity contribution in [3.8, 4) is 11.3 Å². The first-order valence-corrected chi connectivity index (χ1v) is 11.8. The van der Waals surface area contributed by atoms with Gasteiger partial charge < -0.3 is 14.8 Å². The summed E-state index contributed by atoms with van der Waals surface area (Å²) >= 11 is 1.62. The molecule has 33 heavy (non-hydrogen) atoms. The number of nitrogens with one attached hydrogen (secondary N) is 1. The molecule has 3 aromatic rings. The Morgan fingerprint density at radius 3 is 2.39 bits per heavy atom. The average Bonchev–Trinajstić information content (AvgIpc) is 3.33. The van der Waals surface area contributed by atoms with Crippen molar-refractivity contribution in [1.29, 1.82) is 0 Å². The second-order valence-electron chi connectivity index (χ2n) is 8.33. The number of benzene rings is 1. The number of anilines is 1. The maximum atomic E-state index is 13.0. The minimum atomic E-state index is -0.339. The van der Waals surface area contributed by atoms with Crippen molar-refractivity contribution >= 4 is 28.8 Å². The number of halogens is 1. The van der Waals surface area contributed by atoms with Crippen LogP contribution in [-0.4, -0.2) is 63.9 Å². The van der Waals surface area contributed by atoms with Gasteiger partial charge in [-0.3, -0.25) is 14.5 Å². The number of hydrogen-bond acceptors (Lipinski definition) is 5. The molecule has 2 amide bonds. The Morgan fingerprint density at radius 1 is 1.06 bits per heavy atom. The predicted octanol–water partition coefficient (Wildman–Crippen LogP) is 3.46. The van der Waals surface area contributed by atoms with Crippen molar-refractivity contribution in [3.05, 3.63) is 57.9 Å². The molecule has 2 aromatic heterocycles. The molecule has 174 valence electrons. The van der Waals surface area contributed by atoms with Crippen molar-refractivity contribution < 1.29 is 14.0 Å². The minimum absolute atomic E-state index is 0.0771. The highest BCUT2D eigenvalue weighted by Gasteiger charge is 2.24. The van der Waals surface area contributed by atoms with Gasteiger partial charge in [-0.25, -0.2) is 9.37 Å². The van der Waals surface area contributed by atoms with Crippen LogP contribution in [0, 0.1) is 26.6 Å². The third-order valence-electron chi connectivity index (χ3n) is 5.98. The molecule has 0 aliphatic carbocycles. The Balaban J connectivity index is 1.29. The maximum Gasteiger partial charge on any atom is 0.242 e. The van der Waals surface area contributed by atoms with E-state index in [4.69, 9.17) is 0 Å². The highest BCUT2D eigenvalue weighted by Crippen LogP contribution is 2.28. The van der Waals surface area contributed by atoms with E-state index in [0.29, 0.717) is 38.4 Å². The fourth-order valence-corrected chi connectivity index (χ4v) is 4.73. The third-order valence-corrected chi connectivity index (χ3v) is 6.76. The largest absolute Gasteiger partial charge is 0.339 e. The van der Waals surface area contributed by atoms with Crippen molar-refractivity contribution in [1.82, 2.24) is 19.4 Å². The van der Waals surface area contributed by atoms with Crippen molar-refractivity contribution in [2.24, 2.45) is 0 Å². The Morgan fingerprint density at radius 2 is 1.76 bits per heavy atom. The maximum absolute atomic E-state index is 13.0. The second-order valence-corrected chi connectivity index (χ2v) is 9.40. The smallest absolute Gasteiger partial charge is 0.242 e. The first kappa shape index (κ1) is 23.1. The topological polar surface area (TPSA) is 70.5 Å². The molecule has 1 aliphatic rings. The molecular weight excluding hydrogens is 441 g/mol. The van der Waals surface area contributed by atoms with Crippen LogP contribution < -0.4 is 5.32 Å². The van der Waals surface area contributed by atoms with Crippen LogP contribution in [0.4, 0.5) is 10.1 Å². The fourth-order valence-electron chi connectivity index (χ4n) is 4.12. The zero-order valence-electron chi connectivity index (χ0n) is 19.1. The van der Waals surface area contributed by atoms with Gasteiger partial charge in [-0.1, -0.05) is 0 Å². The summed E-state index contributed by atoms with van der Waals surface area (Å²) < 4.78 is 15.1. The number of carbonyl (C=O) groups excluding carboxylic acids is 2. The summed E-state index contributed by atoms with van der Waals surface area (Å²) in [7, 11) is 0. The lowest BCUT2D eigenvalue weighted by Gasteiger charge is -2.34. The van der Waals surface area contributed by atoms with Crippen LogP contribution in [0.5, 0.6) is 0 Å². The molecule has 0 unspecified atom stereocenters. The molecule has 1 saturated heterocycles. The number of thiazole rings is 1. The van der Waals surface area contributed by atoms with Gasteiger partial charge in [0, 0.05) is 54.2 Å². The lowest BCUT2D eigenvalue weighted by atomic mass is 10.2. The van der Waals surface area contributed by atoms with Gasteiger partial charge in [-0.05, 0) is 51.1 Å². The normalized spacial score (nSPS) is 14.5. The van der Waals surface area contributed by atoms with Crippen LogP contribution in [0.2, 0.25) is 0 Å². The van der Waals surface area contributed by atoms with E-state index in [-0.39, 0.29) is 24.2 Å². The number of nitrogens with zero attached hydrogens (tertiary/aromatic N) is 4. The predicted molar refractivity (Wildman–Crippen MR) is 128 cm³/mol. The zero-order chi connectivity index (χ0) is 23.5. The molecule has 1 N–H and O–H groups in total. The number of piperazine rings is 1. The van der Waals surface area contributed by atoms with Crippen molar-refractivity contribution in [2.45, 2.75) is 27.3 Å². The summed E-state index contributed by atoms with van der Waals surface area (Å²) in [5.74, 6) is -0.411. The lowest BCUT2D eigenvalue weighted by Crippen LogP contribution is -2.51. The average molecular weight is 470 g/mol. The minimum Gasteiger partial charge on any atom is -0.339 e. The summed E-state index contributed by atoms with van der Waals surface area (Å²) in [6.45, 7) is 9.01. The highest BCUT2D eigenvalue weighted by atomic mass is 32.1. The molecule has 3 heterocycles. The molecule has 0 bridgehead atoms. The van der Waals surface area contributed by atoms with E-state index in [1.807, 2.05) is 30.6 Å². The van der Waals surface area contributed by atoms with Gasteiger partial charge in [0.2, 0.25) is 11.8 Å². The third kappa shape index (κ3) is 5.48. The molecule has 9 heteroatoms. The summed E-state index contributed by atoms with van der Waals surface area (Å²) in [6, 6.07) is 7.80. The van der Waals surface area contributed by atoms with Gasteiger partial charge in [0.15, 0.2) is 0 Å². The molecule has 0 atom stereocenters. The highest BCUT2D eigenvalue weighted by molar-refractivity contribution is 7.09. The Bertz CT molecular complexity index is 1150. The molecule has 1 aliphatic heterocycles. The fraction of sp³-hybridized carbons (Fsp3) is 0.375. The van der Waals surface area contributed by atoms with Crippen molar-refractivity contribution in [3.63, 3.8) is 0 Å². The molecule has 0 spiro atoms. The molecular formula is C24H28FN5O2S. The van der Waals surface area contributed by atoms with Gasteiger partial charge in [0.1, 0.15) is 12.4 Å². The number of carbonyl (C=O) groups is 2. The van der Waals surface area contributed by atoms with Crippen LogP contribution in [-0.2, 0) is 16.1 Å². The van der Waals surface area contributed by atoms with Gasteiger partial charge >= 0.3 is 0 Å². The first-order chi connectivity index (χ1) is 15.8. The van der Waals surface area contributed by atoms with Gasteiger partial charge in [-0.2, -0.15) is 0 Å². The van der Waals surface area contributed by atoms with Crippen LogP contribution in [0.1, 0.15) is 16.4 Å². The Labute approximate surface area is 196 Å². The molecule has 1 aromatic carbocycles. The van der Waals surface area contributed by atoms with Crippen molar-refractivity contribution in [2.75, 3.05) is 38.0 Å². The van der Waals surface area contributed by atoms with E-state index in [9.17, 15) is 14.0 Å². The van der Waals surface area contributed by atoms with E-state index in [0.717, 1.165) is 27.7 Å². The van der Waals surface area contributed by atoms with Gasteiger partial charge in [0.05, 0.1) is 17.2 Å². The molecule has 1 fully saturated rings. The summed E-state index contributed by atoms with van der Waals surface area (Å²) in [5.41, 5.74) is 4.68. The van der Waals surface area contributed by atoms with E-state index in [1.54, 1.807) is 11.3 Å². The van der Waals surface area contributed by atoms with E-state index in [1.165, 1.54) is 24.3 Å². The number of aromatic nitrogens is 2. The number of aryl methyl sites for hydroxylation is 2. The SMILES string of the molecule is Cc1nc(-c2cc(C)n(CC(=O)N3CCN(CC(=O)Nc4ccc(F)cc4)CC3)c2C)cs1. The standard InChI is InChI=1S/C24H28FN5O2S/c1-16-12-21(22-15-33-18(3)26-22)17(2)30(16)14-24(32)29-10-8-28(9-11-29)13-23(31)27-20-6-4-19(25)5-7-20/h4-7,12,15H,8-11,13-14H2,1-3H3,(H,27,31). The number of hydrogen-bond donors (Lipinski definition) is 1. The van der Waals surface area contributed by atoms with Crippen LogP contribution >= 0.6 is 11.3 Å². The molecule has 4 rings (SSSR count). The molecule has 0 radical (unpaired) electrons. The molecule has 7 nitrogen and oxygen atoms in total. The van der Waals surface area contributed by atoms with Crippen LogP contribution in [0.15, 0.2) is 35.7 Å². The van der Waals surface area contributed by atoms with E-state index in [2.05, 4.69) is 26.3 Å². The van der Waals surface area contributed by atoms with Gasteiger partial charge in [0.25, 0.3) is 0 Å². The number of amides is 2. The van der Waals surface area contributed by atoms with E-state index >= 15 is 0 Å². The van der Waals surface area contributed by atoms with Gasteiger partial charge in [-0.15, -0.1) is 11.3 Å². The lowest BCUT2D eigenvalue weighted by molar-refractivity contribution is -0.133. The van der Waals surface area contributed by atoms with Crippen LogP contribution in [0.3, 0.4) is 0 Å². The summed E-state index contributed by atoms with van der Waals surface area (Å²) in [6.07, 6.45) is 0.